The molecule has 1 N–H and O–H groups in total. The lowest BCUT2D eigenvalue weighted by Crippen LogP contribution is -2.34. The Labute approximate surface area is 95.6 Å². The first-order chi connectivity index (χ1) is 7.29. The van der Waals surface area contributed by atoms with Gasteiger partial charge in [-0.15, -0.1) is 0 Å². The van der Waals surface area contributed by atoms with E-state index in [1.54, 1.807) is 7.11 Å². The number of hydrogen-bond acceptors (Lipinski definition) is 2. The highest BCUT2D eigenvalue weighted by atomic mass is 35.5. The van der Waals surface area contributed by atoms with Crippen LogP contribution >= 0.6 is 11.6 Å². The Balaban J connectivity index is 1.93. The van der Waals surface area contributed by atoms with E-state index in [0.29, 0.717) is 11.1 Å². The Hall–Kier alpha value is -0.730. The van der Waals surface area contributed by atoms with Crippen molar-refractivity contribution in [3.05, 3.63) is 28.8 Å². The van der Waals surface area contributed by atoms with Crippen molar-refractivity contribution in [2.24, 2.45) is 0 Å². The van der Waals surface area contributed by atoms with Gasteiger partial charge in [-0.2, -0.15) is 0 Å². The van der Waals surface area contributed by atoms with Crippen LogP contribution in [0, 0.1) is 0 Å². The highest BCUT2D eigenvalue weighted by molar-refractivity contribution is 6.32. The SMILES string of the molecule is COc1ccc(CNC2CCC2)cc1Cl. The zero-order valence-corrected chi connectivity index (χ0v) is 9.68. The van der Waals surface area contributed by atoms with Crippen LogP contribution < -0.4 is 10.1 Å². The van der Waals surface area contributed by atoms with Gasteiger partial charge in [-0.05, 0) is 30.5 Å². The van der Waals surface area contributed by atoms with E-state index in [1.807, 2.05) is 12.1 Å². The van der Waals surface area contributed by atoms with E-state index in [2.05, 4.69) is 11.4 Å². The van der Waals surface area contributed by atoms with Crippen molar-refractivity contribution in [1.82, 2.24) is 5.32 Å². The molecule has 3 heteroatoms. The van der Waals surface area contributed by atoms with Gasteiger partial charge in [-0.3, -0.25) is 0 Å². The number of hydrogen-bond donors (Lipinski definition) is 1. The Morgan fingerprint density at radius 3 is 2.80 bits per heavy atom. The van der Waals surface area contributed by atoms with Crippen molar-refractivity contribution in [2.45, 2.75) is 31.8 Å². The van der Waals surface area contributed by atoms with E-state index in [4.69, 9.17) is 16.3 Å². The fraction of sp³-hybridized carbons (Fsp3) is 0.500. The molecule has 82 valence electrons. The summed E-state index contributed by atoms with van der Waals surface area (Å²) in [5, 5.41) is 4.19. The largest absolute Gasteiger partial charge is 0.495 e. The van der Waals surface area contributed by atoms with E-state index in [1.165, 1.54) is 24.8 Å². The molecule has 1 fully saturated rings. The second kappa shape index (κ2) is 4.86. The lowest BCUT2D eigenvalue weighted by molar-refractivity contribution is 0.338. The lowest BCUT2D eigenvalue weighted by Gasteiger charge is -2.26. The molecule has 15 heavy (non-hydrogen) atoms. The molecular weight excluding hydrogens is 210 g/mol. The van der Waals surface area contributed by atoms with Crippen LogP contribution in [0.3, 0.4) is 0 Å². The van der Waals surface area contributed by atoms with Crippen LogP contribution in [0.5, 0.6) is 5.75 Å². The van der Waals surface area contributed by atoms with Crippen molar-refractivity contribution >= 4 is 11.6 Å². The normalized spacial score (nSPS) is 16.1. The van der Waals surface area contributed by atoms with Gasteiger partial charge < -0.3 is 10.1 Å². The monoisotopic (exact) mass is 225 g/mol. The van der Waals surface area contributed by atoms with E-state index < -0.39 is 0 Å². The van der Waals surface area contributed by atoms with Crippen LogP contribution in [0.15, 0.2) is 18.2 Å². The van der Waals surface area contributed by atoms with Gasteiger partial charge in [-0.25, -0.2) is 0 Å². The number of ether oxygens (including phenoxy) is 1. The molecule has 1 saturated carbocycles. The van der Waals surface area contributed by atoms with Gasteiger partial charge in [0.15, 0.2) is 0 Å². The van der Waals surface area contributed by atoms with Crippen LogP contribution in [0.4, 0.5) is 0 Å². The summed E-state index contributed by atoms with van der Waals surface area (Å²) in [6.07, 6.45) is 3.98. The molecule has 1 aromatic rings. The fourth-order valence-corrected chi connectivity index (χ4v) is 1.97. The van der Waals surface area contributed by atoms with Crippen molar-refractivity contribution in [3.8, 4) is 5.75 Å². The third-order valence-corrected chi connectivity index (χ3v) is 3.21. The van der Waals surface area contributed by atoms with Gasteiger partial charge in [-0.1, -0.05) is 24.1 Å². The lowest BCUT2D eigenvalue weighted by atomic mass is 9.93. The predicted octanol–water partition coefficient (Wildman–Crippen LogP) is 2.99. The summed E-state index contributed by atoms with van der Waals surface area (Å²) < 4.78 is 5.11. The predicted molar refractivity (Wildman–Crippen MR) is 62.5 cm³/mol. The van der Waals surface area contributed by atoms with Crippen LogP contribution in [0.1, 0.15) is 24.8 Å². The smallest absolute Gasteiger partial charge is 0.137 e. The number of methoxy groups -OCH3 is 1. The van der Waals surface area contributed by atoms with Gasteiger partial charge in [0.1, 0.15) is 5.75 Å². The van der Waals surface area contributed by atoms with Crippen LogP contribution in [0.25, 0.3) is 0 Å². The highest BCUT2D eigenvalue weighted by Gasteiger charge is 2.16. The van der Waals surface area contributed by atoms with Crippen LogP contribution in [0.2, 0.25) is 5.02 Å². The van der Waals surface area contributed by atoms with Crippen LogP contribution in [-0.4, -0.2) is 13.2 Å². The van der Waals surface area contributed by atoms with E-state index >= 15 is 0 Å². The second-order valence-electron chi connectivity index (χ2n) is 3.98. The van der Waals surface area contributed by atoms with Gasteiger partial charge >= 0.3 is 0 Å². The Bertz CT molecular complexity index is 336. The highest BCUT2D eigenvalue weighted by Crippen LogP contribution is 2.25. The third kappa shape index (κ3) is 2.64. The molecule has 0 radical (unpaired) electrons. The topological polar surface area (TPSA) is 21.3 Å². The molecule has 0 heterocycles. The van der Waals surface area contributed by atoms with E-state index in [-0.39, 0.29) is 0 Å². The van der Waals surface area contributed by atoms with Gasteiger partial charge in [0, 0.05) is 12.6 Å². The first-order valence-electron chi connectivity index (χ1n) is 5.35. The van der Waals surface area contributed by atoms with Crippen molar-refractivity contribution in [2.75, 3.05) is 7.11 Å². The maximum atomic E-state index is 6.04. The molecule has 2 nitrogen and oxygen atoms in total. The molecule has 1 aliphatic carbocycles. The van der Waals surface area contributed by atoms with Gasteiger partial charge in [0.25, 0.3) is 0 Å². The molecule has 0 spiro atoms. The first kappa shape index (κ1) is 10.8. The average molecular weight is 226 g/mol. The Kier molecular flexibility index (Phi) is 3.49. The average Bonchev–Trinajstić information content (AvgIpc) is 2.16. The zero-order valence-electron chi connectivity index (χ0n) is 8.92. The molecule has 0 amide bonds. The first-order valence-corrected chi connectivity index (χ1v) is 5.73. The summed E-state index contributed by atoms with van der Waals surface area (Å²) in [4.78, 5) is 0. The molecule has 0 atom stereocenters. The fourth-order valence-electron chi connectivity index (χ4n) is 1.69. The molecular formula is C12H16ClNO. The number of benzene rings is 1. The van der Waals surface area contributed by atoms with E-state index in [9.17, 15) is 0 Å². The van der Waals surface area contributed by atoms with Crippen molar-refractivity contribution in [1.29, 1.82) is 0 Å². The molecule has 0 aliphatic heterocycles. The molecule has 1 aliphatic rings. The summed E-state index contributed by atoms with van der Waals surface area (Å²) >= 11 is 6.04. The summed E-state index contributed by atoms with van der Waals surface area (Å²) in [5.41, 5.74) is 1.22. The molecule has 0 unspecified atom stereocenters. The minimum Gasteiger partial charge on any atom is -0.495 e. The minimum absolute atomic E-state index is 0.686. The standard InChI is InChI=1S/C12H16ClNO/c1-15-12-6-5-9(7-11(12)13)8-14-10-3-2-4-10/h5-7,10,14H,2-4,8H2,1H3. The maximum Gasteiger partial charge on any atom is 0.137 e. The van der Waals surface area contributed by atoms with Crippen molar-refractivity contribution < 1.29 is 4.74 Å². The summed E-state index contributed by atoms with van der Waals surface area (Å²) in [5.74, 6) is 0.740. The van der Waals surface area contributed by atoms with Crippen molar-refractivity contribution in [3.63, 3.8) is 0 Å². The Morgan fingerprint density at radius 1 is 1.47 bits per heavy atom. The van der Waals surface area contributed by atoms with E-state index in [0.717, 1.165) is 12.3 Å². The summed E-state index contributed by atoms with van der Waals surface area (Å²) in [6.45, 7) is 0.897. The zero-order chi connectivity index (χ0) is 10.7. The third-order valence-electron chi connectivity index (χ3n) is 2.92. The number of halogens is 1. The molecule has 1 aromatic carbocycles. The maximum absolute atomic E-state index is 6.04. The van der Waals surface area contributed by atoms with Gasteiger partial charge in [0.2, 0.25) is 0 Å². The number of rotatable bonds is 4. The second-order valence-corrected chi connectivity index (χ2v) is 4.38. The molecule has 0 aromatic heterocycles. The molecule has 2 rings (SSSR count). The van der Waals surface area contributed by atoms with Gasteiger partial charge in [0.05, 0.1) is 12.1 Å². The molecule has 0 bridgehead atoms. The number of nitrogens with one attached hydrogen (secondary N) is 1. The Morgan fingerprint density at radius 2 is 2.27 bits per heavy atom. The summed E-state index contributed by atoms with van der Waals surface area (Å²) in [7, 11) is 1.63. The molecule has 0 saturated heterocycles. The van der Waals surface area contributed by atoms with Crippen LogP contribution in [-0.2, 0) is 6.54 Å². The summed E-state index contributed by atoms with van der Waals surface area (Å²) in [6, 6.07) is 6.65. The quantitative estimate of drug-likeness (QED) is 0.851. The minimum atomic E-state index is 0.686.